The Morgan fingerprint density at radius 2 is 1.77 bits per heavy atom. The molecule has 1 aliphatic rings. The van der Waals surface area contributed by atoms with Gasteiger partial charge in [-0.25, -0.2) is 4.79 Å². The second-order valence-corrected chi connectivity index (χ2v) is 6.63. The standard InChI is InChI=1S/C21H24N2O3/c1-4-23(5-2)17-12-10-16(11-13-17)22-20(25)21(3)14-15-8-6-7-9-18(15)19(24)26-21/h6-13H,4-5,14H2,1-3H3,(H,22,25)/t21-/m1/s1. The zero-order chi connectivity index (χ0) is 18.7. The van der Waals surface area contributed by atoms with Crippen LogP contribution in [0.4, 0.5) is 11.4 Å². The van der Waals surface area contributed by atoms with Crippen LogP contribution >= 0.6 is 0 Å². The van der Waals surface area contributed by atoms with Gasteiger partial charge in [0.1, 0.15) is 0 Å². The van der Waals surface area contributed by atoms with Crippen LogP contribution in [-0.2, 0) is 16.0 Å². The first-order chi connectivity index (χ1) is 12.5. The molecule has 26 heavy (non-hydrogen) atoms. The van der Waals surface area contributed by atoms with E-state index in [4.69, 9.17) is 4.74 Å². The highest BCUT2D eigenvalue weighted by atomic mass is 16.6. The summed E-state index contributed by atoms with van der Waals surface area (Å²) < 4.78 is 5.47. The van der Waals surface area contributed by atoms with Crippen molar-refractivity contribution in [2.75, 3.05) is 23.3 Å². The average Bonchev–Trinajstić information content (AvgIpc) is 2.64. The average molecular weight is 352 g/mol. The number of carbonyl (C=O) groups excluding carboxylic acids is 2. The molecule has 136 valence electrons. The number of fused-ring (bicyclic) bond motifs is 1. The molecule has 1 heterocycles. The van der Waals surface area contributed by atoms with Crippen molar-refractivity contribution >= 4 is 23.3 Å². The minimum atomic E-state index is -1.22. The van der Waals surface area contributed by atoms with Crippen molar-refractivity contribution in [3.63, 3.8) is 0 Å². The Balaban J connectivity index is 1.75. The van der Waals surface area contributed by atoms with Gasteiger partial charge in [0.15, 0.2) is 5.60 Å². The smallest absolute Gasteiger partial charge is 0.339 e. The number of hydrogen-bond acceptors (Lipinski definition) is 4. The lowest BCUT2D eigenvalue weighted by Gasteiger charge is -2.33. The van der Waals surface area contributed by atoms with Crippen LogP contribution in [-0.4, -0.2) is 30.6 Å². The van der Waals surface area contributed by atoms with Crippen LogP contribution in [0.5, 0.6) is 0 Å². The Hall–Kier alpha value is -2.82. The van der Waals surface area contributed by atoms with Crippen molar-refractivity contribution in [1.29, 1.82) is 0 Å². The van der Waals surface area contributed by atoms with E-state index in [2.05, 4.69) is 24.1 Å². The highest BCUT2D eigenvalue weighted by Crippen LogP contribution is 2.29. The summed E-state index contributed by atoms with van der Waals surface area (Å²) in [5.41, 5.74) is 1.93. The molecule has 0 spiro atoms. The van der Waals surface area contributed by atoms with Gasteiger partial charge in [-0.2, -0.15) is 0 Å². The SMILES string of the molecule is CCN(CC)c1ccc(NC(=O)[C@@]2(C)Cc3ccccc3C(=O)O2)cc1. The predicted octanol–water partition coefficient (Wildman–Crippen LogP) is 3.64. The fraction of sp³-hybridized carbons (Fsp3) is 0.333. The monoisotopic (exact) mass is 352 g/mol. The van der Waals surface area contributed by atoms with Gasteiger partial charge in [-0.15, -0.1) is 0 Å². The molecule has 3 rings (SSSR count). The van der Waals surface area contributed by atoms with Crippen LogP contribution in [0.25, 0.3) is 0 Å². The second-order valence-electron chi connectivity index (χ2n) is 6.63. The van der Waals surface area contributed by atoms with Gasteiger partial charge < -0.3 is 15.0 Å². The van der Waals surface area contributed by atoms with Crippen LogP contribution in [0.3, 0.4) is 0 Å². The lowest BCUT2D eigenvalue weighted by atomic mass is 9.89. The Morgan fingerprint density at radius 1 is 1.12 bits per heavy atom. The molecule has 0 saturated heterocycles. The molecule has 0 aromatic heterocycles. The molecule has 2 aromatic rings. The number of nitrogens with zero attached hydrogens (tertiary/aromatic N) is 1. The van der Waals surface area contributed by atoms with Crippen molar-refractivity contribution in [3.05, 3.63) is 59.7 Å². The first-order valence-electron chi connectivity index (χ1n) is 8.94. The van der Waals surface area contributed by atoms with E-state index < -0.39 is 11.6 Å². The molecule has 1 amide bonds. The van der Waals surface area contributed by atoms with E-state index in [0.29, 0.717) is 17.7 Å². The predicted molar refractivity (Wildman–Crippen MR) is 103 cm³/mol. The zero-order valence-corrected chi connectivity index (χ0v) is 15.4. The minimum Gasteiger partial charge on any atom is -0.445 e. The van der Waals surface area contributed by atoms with Crippen LogP contribution in [0.15, 0.2) is 48.5 Å². The number of hydrogen-bond donors (Lipinski definition) is 1. The van der Waals surface area contributed by atoms with Gasteiger partial charge in [0.25, 0.3) is 5.91 Å². The lowest BCUT2D eigenvalue weighted by molar-refractivity contribution is -0.134. The highest BCUT2D eigenvalue weighted by Gasteiger charge is 2.42. The summed E-state index contributed by atoms with van der Waals surface area (Å²) in [7, 11) is 0. The highest BCUT2D eigenvalue weighted by molar-refractivity contribution is 6.02. The normalized spacial score (nSPS) is 18.7. The minimum absolute atomic E-state index is 0.323. The summed E-state index contributed by atoms with van der Waals surface area (Å²) in [5.74, 6) is -0.780. The molecule has 0 fully saturated rings. The number of carbonyl (C=O) groups is 2. The topological polar surface area (TPSA) is 58.6 Å². The molecular formula is C21H24N2O3. The second kappa shape index (κ2) is 7.20. The molecule has 0 bridgehead atoms. The summed E-state index contributed by atoms with van der Waals surface area (Å²) in [6.07, 6.45) is 0.359. The van der Waals surface area contributed by atoms with Gasteiger partial charge in [-0.3, -0.25) is 4.79 Å². The Labute approximate surface area is 154 Å². The molecule has 0 unspecified atom stereocenters. The quantitative estimate of drug-likeness (QED) is 0.835. The number of esters is 1. The number of ether oxygens (including phenoxy) is 1. The third kappa shape index (κ3) is 3.43. The fourth-order valence-corrected chi connectivity index (χ4v) is 3.27. The van der Waals surface area contributed by atoms with Gasteiger partial charge >= 0.3 is 5.97 Å². The summed E-state index contributed by atoms with van der Waals surface area (Å²) in [4.78, 5) is 27.2. The van der Waals surface area contributed by atoms with E-state index in [9.17, 15) is 9.59 Å². The molecule has 0 radical (unpaired) electrons. The van der Waals surface area contributed by atoms with Crippen LogP contribution in [0.1, 0.15) is 36.7 Å². The molecule has 2 aromatic carbocycles. The Bertz CT molecular complexity index is 812. The molecule has 5 nitrogen and oxygen atoms in total. The number of cyclic esters (lactones) is 1. The van der Waals surface area contributed by atoms with E-state index in [0.717, 1.165) is 24.3 Å². The summed E-state index contributed by atoms with van der Waals surface area (Å²) in [6.45, 7) is 7.72. The Kier molecular flexibility index (Phi) is 4.98. The number of anilines is 2. The maximum Gasteiger partial charge on any atom is 0.339 e. The van der Waals surface area contributed by atoms with E-state index >= 15 is 0 Å². The number of rotatable bonds is 5. The summed E-state index contributed by atoms with van der Waals surface area (Å²) in [5, 5.41) is 2.87. The third-order valence-electron chi connectivity index (χ3n) is 4.82. The van der Waals surface area contributed by atoms with Crippen LogP contribution in [0, 0.1) is 0 Å². The molecule has 1 atom stereocenters. The first kappa shape index (κ1) is 18.0. The zero-order valence-electron chi connectivity index (χ0n) is 15.4. The van der Waals surface area contributed by atoms with Crippen molar-refractivity contribution in [2.24, 2.45) is 0 Å². The van der Waals surface area contributed by atoms with E-state index in [1.54, 1.807) is 19.1 Å². The third-order valence-corrected chi connectivity index (χ3v) is 4.82. The Morgan fingerprint density at radius 3 is 2.42 bits per heavy atom. The van der Waals surface area contributed by atoms with E-state index in [1.165, 1.54) is 0 Å². The van der Waals surface area contributed by atoms with Gasteiger partial charge in [0, 0.05) is 30.9 Å². The number of nitrogens with one attached hydrogen (secondary N) is 1. The molecule has 0 saturated carbocycles. The lowest BCUT2D eigenvalue weighted by Crippen LogP contribution is -2.48. The van der Waals surface area contributed by atoms with Gasteiger partial charge in [-0.1, -0.05) is 18.2 Å². The van der Waals surface area contributed by atoms with Crippen molar-refractivity contribution in [2.45, 2.75) is 32.8 Å². The maximum atomic E-state index is 12.8. The molecule has 1 N–H and O–H groups in total. The molecule has 0 aliphatic carbocycles. The van der Waals surface area contributed by atoms with E-state index in [1.807, 2.05) is 36.4 Å². The van der Waals surface area contributed by atoms with E-state index in [-0.39, 0.29) is 5.91 Å². The number of amides is 1. The molecule has 1 aliphatic heterocycles. The van der Waals surface area contributed by atoms with Crippen molar-refractivity contribution < 1.29 is 14.3 Å². The maximum absolute atomic E-state index is 12.8. The van der Waals surface area contributed by atoms with Crippen LogP contribution < -0.4 is 10.2 Å². The molecule has 5 heteroatoms. The van der Waals surface area contributed by atoms with Gasteiger partial charge in [-0.05, 0) is 56.7 Å². The fourth-order valence-electron chi connectivity index (χ4n) is 3.27. The molecular weight excluding hydrogens is 328 g/mol. The van der Waals surface area contributed by atoms with Crippen molar-refractivity contribution in [3.8, 4) is 0 Å². The summed E-state index contributed by atoms with van der Waals surface area (Å²) >= 11 is 0. The largest absolute Gasteiger partial charge is 0.445 e. The summed E-state index contributed by atoms with van der Waals surface area (Å²) in [6, 6.07) is 14.9. The van der Waals surface area contributed by atoms with Crippen molar-refractivity contribution in [1.82, 2.24) is 0 Å². The van der Waals surface area contributed by atoms with Gasteiger partial charge in [0.05, 0.1) is 5.56 Å². The number of benzene rings is 2. The first-order valence-corrected chi connectivity index (χ1v) is 8.94. The van der Waals surface area contributed by atoms with Gasteiger partial charge in [0.2, 0.25) is 0 Å². The van der Waals surface area contributed by atoms with Crippen LogP contribution in [0.2, 0.25) is 0 Å².